The third kappa shape index (κ3) is 3.83. The molecule has 0 radical (unpaired) electrons. The summed E-state index contributed by atoms with van der Waals surface area (Å²) in [5, 5.41) is 7.17. The zero-order valence-electron chi connectivity index (χ0n) is 15.3. The third-order valence-electron chi connectivity index (χ3n) is 4.48. The summed E-state index contributed by atoms with van der Waals surface area (Å²) in [4.78, 5) is 0.468. The molecule has 0 fully saturated rings. The largest absolute Gasteiger partial charge is 0.268 e. The first kappa shape index (κ1) is 19.8. The summed E-state index contributed by atoms with van der Waals surface area (Å²) in [5.41, 5.74) is 2.76. The van der Waals surface area contributed by atoms with Crippen LogP contribution in [0.4, 0.5) is 0 Å². The lowest BCUT2D eigenvalue weighted by Gasteiger charge is -2.09. The Bertz CT molecular complexity index is 1340. The van der Waals surface area contributed by atoms with E-state index >= 15 is 0 Å². The van der Waals surface area contributed by atoms with Crippen LogP contribution >= 0.6 is 28.1 Å². The van der Waals surface area contributed by atoms with E-state index in [0.29, 0.717) is 10.6 Å². The molecule has 0 spiro atoms. The molecular weight excluding hydrogens is 470 g/mol. The van der Waals surface area contributed by atoms with E-state index in [4.69, 9.17) is 12.2 Å². The number of sulfone groups is 1. The van der Waals surface area contributed by atoms with Gasteiger partial charge in [-0.15, -0.1) is 0 Å². The summed E-state index contributed by atoms with van der Waals surface area (Å²) in [7, 11) is -3.59. The van der Waals surface area contributed by atoms with Crippen molar-refractivity contribution in [3.63, 3.8) is 0 Å². The number of aryl methyl sites for hydroxylation is 1. The molecule has 0 saturated heterocycles. The Morgan fingerprint density at radius 3 is 2.21 bits per heavy atom. The molecule has 29 heavy (non-hydrogen) atoms. The summed E-state index contributed by atoms with van der Waals surface area (Å²) in [6.07, 6.45) is 0. The maximum absolute atomic E-state index is 12.9. The first-order valence-electron chi connectivity index (χ1n) is 8.72. The van der Waals surface area contributed by atoms with Gasteiger partial charge in [-0.05, 0) is 85.4 Å². The first-order valence-corrected chi connectivity index (χ1v) is 11.4. The second-order valence-corrected chi connectivity index (χ2v) is 9.76. The molecule has 0 atom stereocenters. The summed E-state index contributed by atoms with van der Waals surface area (Å²) in [6.45, 7) is 2.01. The van der Waals surface area contributed by atoms with E-state index in [2.05, 4.69) is 26.1 Å². The maximum atomic E-state index is 12.9. The van der Waals surface area contributed by atoms with Gasteiger partial charge in [0.25, 0.3) is 0 Å². The molecule has 3 aromatic carbocycles. The molecule has 0 saturated carbocycles. The van der Waals surface area contributed by atoms with Crippen molar-refractivity contribution >= 4 is 38.0 Å². The number of aromatic amines is 1. The van der Waals surface area contributed by atoms with E-state index in [9.17, 15) is 8.42 Å². The van der Waals surface area contributed by atoms with Gasteiger partial charge in [-0.3, -0.25) is 9.67 Å². The fourth-order valence-corrected chi connectivity index (χ4v) is 4.79. The van der Waals surface area contributed by atoms with Crippen LogP contribution in [0.15, 0.2) is 87.1 Å². The Balaban J connectivity index is 1.75. The van der Waals surface area contributed by atoms with Crippen LogP contribution in [-0.2, 0) is 9.84 Å². The molecule has 0 aliphatic heterocycles. The van der Waals surface area contributed by atoms with Crippen molar-refractivity contribution in [2.75, 3.05) is 0 Å². The van der Waals surface area contributed by atoms with Crippen LogP contribution in [-0.4, -0.2) is 23.2 Å². The maximum Gasteiger partial charge on any atom is 0.206 e. The van der Waals surface area contributed by atoms with Crippen molar-refractivity contribution in [3.05, 3.63) is 87.6 Å². The van der Waals surface area contributed by atoms with Crippen LogP contribution in [0, 0.1) is 11.7 Å². The number of nitrogens with one attached hydrogen (secondary N) is 1. The number of H-pyrrole nitrogens is 1. The van der Waals surface area contributed by atoms with Crippen molar-refractivity contribution < 1.29 is 8.42 Å². The van der Waals surface area contributed by atoms with E-state index in [0.717, 1.165) is 21.3 Å². The lowest BCUT2D eigenvalue weighted by Crippen LogP contribution is -2.02. The zero-order valence-corrected chi connectivity index (χ0v) is 18.6. The van der Waals surface area contributed by atoms with E-state index in [1.165, 1.54) is 0 Å². The average molecular weight is 486 g/mol. The van der Waals surface area contributed by atoms with Gasteiger partial charge in [0, 0.05) is 10.0 Å². The first-order chi connectivity index (χ1) is 13.9. The molecule has 1 N–H and O–H groups in total. The van der Waals surface area contributed by atoms with Crippen LogP contribution in [0.3, 0.4) is 0 Å². The topological polar surface area (TPSA) is 67.8 Å². The van der Waals surface area contributed by atoms with Gasteiger partial charge in [0.15, 0.2) is 10.6 Å². The third-order valence-corrected chi connectivity index (χ3v) is 7.07. The monoisotopic (exact) mass is 485 g/mol. The van der Waals surface area contributed by atoms with E-state index < -0.39 is 9.84 Å². The SMILES string of the molecule is Cc1cccc(-n2c(-c3ccc(S(=O)(=O)c4ccc(Br)cc4)cc3)n[nH]c2=S)c1. The highest BCUT2D eigenvalue weighted by Crippen LogP contribution is 2.27. The van der Waals surface area contributed by atoms with Crippen molar-refractivity contribution in [1.82, 2.24) is 14.8 Å². The van der Waals surface area contributed by atoms with E-state index in [1.54, 1.807) is 48.5 Å². The smallest absolute Gasteiger partial charge is 0.206 e. The minimum absolute atomic E-state index is 0.222. The van der Waals surface area contributed by atoms with Crippen molar-refractivity contribution in [3.8, 4) is 17.1 Å². The fraction of sp³-hybridized carbons (Fsp3) is 0.0476. The predicted octanol–water partition coefficient (Wildman–Crippen LogP) is 5.50. The summed E-state index contributed by atoms with van der Waals surface area (Å²) in [5.74, 6) is 0.619. The van der Waals surface area contributed by atoms with Gasteiger partial charge < -0.3 is 0 Å². The van der Waals surface area contributed by atoms with Gasteiger partial charge in [0.2, 0.25) is 9.84 Å². The quantitative estimate of drug-likeness (QED) is 0.387. The van der Waals surface area contributed by atoms with E-state index in [1.807, 2.05) is 35.8 Å². The van der Waals surface area contributed by atoms with Crippen molar-refractivity contribution in [1.29, 1.82) is 0 Å². The normalized spacial score (nSPS) is 11.5. The van der Waals surface area contributed by atoms with Crippen LogP contribution in [0.5, 0.6) is 0 Å². The van der Waals surface area contributed by atoms with Crippen LogP contribution < -0.4 is 0 Å². The Morgan fingerprint density at radius 2 is 1.59 bits per heavy atom. The summed E-state index contributed by atoms with van der Waals surface area (Å²) in [6, 6.07) is 21.2. The standard InChI is InChI=1S/C21H16BrN3O2S2/c1-14-3-2-4-17(13-14)25-20(23-24-21(25)28)15-5-9-18(10-6-15)29(26,27)19-11-7-16(22)8-12-19/h2-13H,1H3,(H,24,28). The van der Waals surface area contributed by atoms with Gasteiger partial charge in [0.05, 0.1) is 15.5 Å². The lowest BCUT2D eigenvalue weighted by molar-refractivity contribution is 0.596. The summed E-state index contributed by atoms with van der Waals surface area (Å²) < 4.78 is 28.9. The number of nitrogens with zero attached hydrogens (tertiary/aromatic N) is 2. The van der Waals surface area contributed by atoms with E-state index in [-0.39, 0.29) is 9.79 Å². The number of halogens is 1. The van der Waals surface area contributed by atoms with Gasteiger partial charge in [-0.25, -0.2) is 8.42 Å². The molecule has 5 nitrogen and oxygen atoms in total. The Hall–Kier alpha value is -2.55. The Labute approximate surface area is 182 Å². The molecule has 1 aromatic heterocycles. The Kier molecular flexibility index (Phi) is 5.24. The van der Waals surface area contributed by atoms with Crippen LogP contribution in [0.25, 0.3) is 17.1 Å². The molecule has 0 bridgehead atoms. The van der Waals surface area contributed by atoms with Crippen molar-refractivity contribution in [2.24, 2.45) is 0 Å². The molecule has 0 aliphatic carbocycles. The van der Waals surface area contributed by atoms with Gasteiger partial charge in [0.1, 0.15) is 0 Å². The molecule has 4 rings (SSSR count). The highest BCUT2D eigenvalue weighted by Gasteiger charge is 2.18. The second-order valence-electron chi connectivity index (χ2n) is 6.51. The average Bonchev–Trinajstić information content (AvgIpc) is 3.10. The Morgan fingerprint density at radius 1 is 0.966 bits per heavy atom. The number of aromatic nitrogens is 3. The minimum Gasteiger partial charge on any atom is -0.268 e. The molecule has 0 amide bonds. The lowest BCUT2D eigenvalue weighted by atomic mass is 10.2. The molecule has 8 heteroatoms. The number of rotatable bonds is 4. The minimum atomic E-state index is -3.59. The van der Waals surface area contributed by atoms with Crippen LogP contribution in [0.1, 0.15) is 5.56 Å². The molecular formula is C21H16BrN3O2S2. The van der Waals surface area contributed by atoms with Gasteiger partial charge in [-0.2, -0.15) is 5.10 Å². The molecule has 146 valence electrons. The molecule has 0 aliphatic rings. The molecule has 4 aromatic rings. The fourth-order valence-electron chi connectivity index (χ4n) is 3.03. The number of hydrogen-bond donors (Lipinski definition) is 1. The zero-order chi connectivity index (χ0) is 20.6. The van der Waals surface area contributed by atoms with Gasteiger partial charge >= 0.3 is 0 Å². The van der Waals surface area contributed by atoms with Crippen molar-refractivity contribution in [2.45, 2.75) is 16.7 Å². The second kappa shape index (κ2) is 7.70. The molecule has 0 unspecified atom stereocenters. The van der Waals surface area contributed by atoms with Gasteiger partial charge in [-0.1, -0.05) is 28.1 Å². The highest BCUT2D eigenvalue weighted by molar-refractivity contribution is 9.10. The molecule has 1 heterocycles. The predicted molar refractivity (Wildman–Crippen MR) is 119 cm³/mol. The highest BCUT2D eigenvalue weighted by atomic mass is 79.9. The number of hydrogen-bond acceptors (Lipinski definition) is 4. The number of benzene rings is 3. The van der Waals surface area contributed by atoms with Crippen LogP contribution in [0.2, 0.25) is 0 Å². The summed E-state index contributed by atoms with van der Waals surface area (Å²) >= 11 is 8.72.